The molecule has 1 N–H and O–H groups in total. The van der Waals surface area contributed by atoms with E-state index in [9.17, 15) is 4.79 Å². The normalized spacial score (nSPS) is 29.4. The second-order valence-corrected chi connectivity index (χ2v) is 5.22. The predicted octanol–water partition coefficient (Wildman–Crippen LogP) is 0.125. The lowest BCUT2D eigenvalue weighted by Gasteiger charge is -2.32. The van der Waals surface area contributed by atoms with Crippen molar-refractivity contribution in [2.24, 2.45) is 5.92 Å². The molecule has 3 atom stereocenters. The number of nitrogens with zero attached hydrogens (tertiary/aromatic N) is 3. The fourth-order valence-corrected chi connectivity index (χ4v) is 2.83. The molecular formula is C13H18N4O2. The Labute approximate surface area is 112 Å². The molecule has 0 aliphatic carbocycles. The number of aromatic nitrogens is 2. The molecule has 1 aromatic heterocycles. The maximum Gasteiger partial charge on any atom is 0.225 e. The Morgan fingerprint density at radius 2 is 2.16 bits per heavy atom. The van der Waals surface area contributed by atoms with E-state index in [1.807, 2.05) is 19.3 Å². The van der Waals surface area contributed by atoms with E-state index in [1.54, 1.807) is 7.05 Å². The minimum Gasteiger partial charge on any atom is -0.370 e. The van der Waals surface area contributed by atoms with Crippen molar-refractivity contribution in [3.63, 3.8) is 0 Å². The van der Waals surface area contributed by atoms with E-state index in [0.29, 0.717) is 6.54 Å². The van der Waals surface area contributed by atoms with E-state index in [-0.39, 0.29) is 24.0 Å². The van der Waals surface area contributed by atoms with Crippen LogP contribution in [0.25, 0.3) is 0 Å². The molecule has 0 saturated carbocycles. The highest BCUT2D eigenvalue weighted by Gasteiger charge is 2.44. The highest BCUT2D eigenvalue weighted by molar-refractivity contribution is 5.79. The predicted molar refractivity (Wildman–Crippen MR) is 69.8 cm³/mol. The number of hydrogen-bond acceptors (Lipinski definition) is 5. The van der Waals surface area contributed by atoms with E-state index in [0.717, 1.165) is 24.5 Å². The lowest BCUT2D eigenvalue weighted by molar-refractivity contribution is -0.126. The number of amides is 1. The first-order chi connectivity index (χ1) is 9.17. The van der Waals surface area contributed by atoms with Crippen molar-refractivity contribution >= 4 is 11.9 Å². The third-order valence-corrected chi connectivity index (χ3v) is 3.79. The summed E-state index contributed by atoms with van der Waals surface area (Å²) < 4.78 is 5.85. The Morgan fingerprint density at radius 1 is 1.42 bits per heavy atom. The molecule has 2 saturated heterocycles. The van der Waals surface area contributed by atoms with Crippen LogP contribution in [0.5, 0.6) is 0 Å². The number of rotatable bonds is 2. The van der Waals surface area contributed by atoms with Gasteiger partial charge in [0.2, 0.25) is 11.9 Å². The monoisotopic (exact) mass is 262 g/mol. The largest absolute Gasteiger partial charge is 0.370 e. The molecule has 1 amide bonds. The minimum absolute atomic E-state index is 0.0505. The second-order valence-electron chi connectivity index (χ2n) is 5.22. The summed E-state index contributed by atoms with van der Waals surface area (Å²) >= 11 is 0. The number of aryl methyl sites for hydroxylation is 1. The lowest BCUT2D eigenvalue weighted by atomic mass is 10.00. The van der Waals surface area contributed by atoms with Gasteiger partial charge in [0, 0.05) is 32.5 Å². The van der Waals surface area contributed by atoms with Gasteiger partial charge in [-0.3, -0.25) is 4.79 Å². The zero-order valence-corrected chi connectivity index (χ0v) is 11.2. The summed E-state index contributed by atoms with van der Waals surface area (Å²) in [5, 5.41) is 2.71. The number of anilines is 1. The van der Waals surface area contributed by atoms with Gasteiger partial charge in [0.25, 0.3) is 0 Å². The fraction of sp³-hybridized carbons (Fsp3) is 0.615. The van der Waals surface area contributed by atoms with Crippen LogP contribution in [-0.4, -0.2) is 48.2 Å². The Bertz CT molecular complexity index is 476. The van der Waals surface area contributed by atoms with Gasteiger partial charge >= 0.3 is 0 Å². The Hall–Kier alpha value is -1.69. The van der Waals surface area contributed by atoms with Crippen LogP contribution in [0.1, 0.15) is 12.0 Å². The van der Waals surface area contributed by atoms with Gasteiger partial charge in [0.15, 0.2) is 0 Å². The SMILES string of the molecule is CNC(=O)[C@@H]1C[C@H]2CN(c3ncc(C)cn3)C[C@H]1O2. The van der Waals surface area contributed by atoms with Crippen LogP contribution in [0.3, 0.4) is 0 Å². The number of nitrogens with one attached hydrogen (secondary N) is 1. The topological polar surface area (TPSA) is 67.4 Å². The maximum atomic E-state index is 11.8. The van der Waals surface area contributed by atoms with Crippen molar-refractivity contribution in [3.8, 4) is 0 Å². The number of carbonyl (C=O) groups is 1. The van der Waals surface area contributed by atoms with Crippen molar-refractivity contribution in [2.75, 3.05) is 25.0 Å². The maximum absolute atomic E-state index is 11.8. The highest BCUT2D eigenvalue weighted by Crippen LogP contribution is 2.33. The average Bonchev–Trinajstić information content (AvgIpc) is 2.73. The minimum atomic E-state index is -0.0522. The number of fused-ring (bicyclic) bond motifs is 2. The first-order valence-corrected chi connectivity index (χ1v) is 6.58. The van der Waals surface area contributed by atoms with Gasteiger partial charge in [0.1, 0.15) is 0 Å². The van der Waals surface area contributed by atoms with Crippen molar-refractivity contribution in [1.82, 2.24) is 15.3 Å². The van der Waals surface area contributed by atoms with Crippen LogP contribution in [-0.2, 0) is 9.53 Å². The van der Waals surface area contributed by atoms with Crippen LogP contribution in [0.15, 0.2) is 12.4 Å². The van der Waals surface area contributed by atoms with Gasteiger partial charge < -0.3 is 15.0 Å². The average molecular weight is 262 g/mol. The number of ether oxygens (including phenoxy) is 1. The molecule has 2 aliphatic heterocycles. The summed E-state index contributed by atoms with van der Waals surface area (Å²) in [6, 6.07) is 0. The number of carbonyl (C=O) groups excluding carboxylic acids is 1. The van der Waals surface area contributed by atoms with Crippen molar-refractivity contribution in [2.45, 2.75) is 25.6 Å². The van der Waals surface area contributed by atoms with Crippen LogP contribution >= 0.6 is 0 Å². The molecule has 0 spiro atoms. The molecule has 0 unspecified atom stereocenters. The van der Waals surface area contributed by atoms with Crippen LogP contribution in [0.4, 0.5) is 5.95 Å². The van der Waals surface area contributed by atoms with Crippen molar-refractivity contribution in [1.29, 1.82) is 0 Å². The zero-order chi connectivity index (χ0) is 13.4. The summed E-state index contributed by atoms with van der Waals surface area (Å²) in [5.41, 5.74) is 1.04. The Morgan fingerprint density at radius 3 is 2.84 bits per heavy atom. The third kappa shape index (κ3) is 2.28. The van der Waals surface area contributed by atoms with E-state index >= 15 is 0 Å². The smallest absolute Gasteiger partial charge is 0.225 e. The van der Waals surface area contributed by atoms with Gasteiger partial charge in [-0.1, -0.05) is 0 Å². The molecule has 3 heterocycles. The molecule has 2 aliphatic rings. The molecule has 6 nitrogen and oxygen atoms in total. The molecule has 2 bridgehead atoms. The molecule has 3 rings (SSSR count). The second kappa shape index (κ2) is 4.77. The summed E-state index contributed by atoms with van der Waals surface area (Å²) in [6.45, 7) is 3.40. The molecule has 2 fully saturated rings. The van der Waals surface area contributed by atoms with Crippen LogP contribution in [0.2, 0.25) is 0 Å². The van der Waals surface area contributed by atoms with E-state index in [4.69, 9.17) is 4.74 Å². The first-order valence-electron chi connectivity index (χ1n) is 6.58. The van der Waals surface area contributed by atoms with Crippen molar-refractivity contribution in [3.05, 3.63) is 18.0 Å². The standard InChI is InChI=1S/C13H18N4O2/c1-8-4-15-13(16-5-8)17-6-9-3-10(12(18)14-2)11(7-17)19-9/h4-5,9-11H,3,6-7H2,1-2H3,(H,14,18)/t9-,10+,11+/m0/s1. The molecule has 1 aromatic rings. The first kappa shape index (κ1) is 12.3. The molecular weight excluding hydrogens is 244 g/mol. The molecule has 0 aromatic carbocycles. The third-order valence-electron chi connectivity index (χ3n) is 3.79. The van der Waals surface area contributed by atoms with Crippen LogP contribution < -0.4 is 10.2 Å². The van der Waals surface area contributed by atoms with Gasteiger partial charge in [-0.05, 0) is 18.9 Å². The molecule has 6 heteroatoms. The van der Waals surface area contributed by atoms with Gasteiger partial charge in [-0.15, -0.1) is 0 Å². The molecule has 102 valence electrons. The summed E-state index contributed by atoms with van der Waals surface area (Å²) in [4.78, 5) is 22.6. The number of hydrogen-bond donors (Lipinski definition) is 1. The van der Waals surface area contributed by atoms with E-state index < -0.39 is 0 Å². The van der Waals surface area contributed by atoms with E-state index in [1.165, 1.54) is 0 Å². The summed E-state index contributed by atoms with van der Waals surface area (Å²) in [7, 11) is 1.67. The Balaban J connectivity index is 1.75. The van der Waals surface area contributed by atoms with Gasteiger partial charge in [-0.25, -0.2) is 9.97 Å². The summed E-state index contributed by atoms with van der Waals surface area (Å²) in [6.07, 6.45) is 4.47. The Kier molecular flexibility index (Phi) is 3.10. The molecule has 19 heavy (non-hydrogen) atoms. The zero-order valence-electron chi connectivity index (χ0n) is 11.2. The van der Waals surface area contributed by atoms with Gasteiger partial charge in [-0.2, -0.15) is 0 Å². The van der Waals surface area contributed by atoms with Crippen molar-refractivity contribution < 1.29 is 9.53 Å². The van der Waals surface area contributed by atoms with Crippen LogP contribution in [0, 0.1) is 12.8 Å². The number of morpholine rings is 1. The highest BCUT2D eigenvalue weighted by atomic mass is 16.5. The summed E-state index contributed by atoms with van der Waals surface area (Å²) in [5.74, 6) is 0.742. The molecule has 0 radical (unpaired) electrons. The fourth-order valence-electron chi connectivity index (χ4n) is 2.83. The van der Waals surface area contributed by atoms with Gasteiger partial charge in [0.05, 0.1) is 18.1 Å². The quantitative estimate of drug-likeness (QED) is 0.820. The van der Waals surface area contributed by atoms with E-state index in [2.05, 4.69) is 20.2 Å². The lowest BCUT2D eigenvalue weighted by Crippen LogP contribution is -2.45.